The van der Waals surface area contributed by atoms with Gasteiger partial charge in [0.1, 0.15) is 6.54 Å². The Morgan fingerprint density at radius 2 is 1.95 bits per heavy atom. The van der Waals surface area contributed by atoms with Crippen LogP contribution in [-0.2, 0) is 14.8 Å². The first-order chi connectivity index (χ1) is 10.2. The maximum atomic E-state index is 12.2. The molecule has 1 amide bonds. The Morgan fingerprint density at radius 3 is 2.45 bits per heavy atom. The van der Waals surface area contributed by atoms with Crippen LogP contribution in [0.1, 0.15) is 25.3 Å². The summed E-state index contributed by atoms with van der Waals surface area (Å²) in [6, 6.07) is 4.96. The molecule has 5 nitrogen and oxygen atoms in total. The molecule has 0 atom stereocenters. The summed E-state index contributed by atoms with van der Waals surface area (Å²) in [6.07, 6.45) is 2.94. The molecule has 124 valence electrons. The van der Waals surface area contributed by atoms with E-state index in [9.17, 15) is 13.2 Å². The Labute approximate surface area is 137 Å². The van der Waals surface area contributed by atoms with E-state index in [0.717, 1.165) is 29.0 Å². The fraction of sp³-hybridized carbons (Fsp3) is 0.533. The van der Waals surface area contributed by atoms with Crippen molar-refractivity contribution >= 4 is 33.2 Å². The molecule has 0 unspecified atom stereocenters. The van der Waals surface area contributed by atoms with E-state index in [1.165, 1.54) is 0 Å². The van der Waals surface area contributed by atoms with Gasteiger partial charge in [-0.15, -0.1) is 0 Å². The lowest BCUT2D eigenvalue weighted by Crippen LogP contribution is -2.41. The molecule has 0 aliphatic carbocycles. The number of anilines is 1. The number of rotatable bonds is 7. The number of benzene rings is 1. The summed E-state index contributed by atoms with van der Waals surface area (Å²) in [5.74, 6) is -0.240. The Bertz CT molecular complexity index is 632. The first kappa shape index (κ1) is 18.8. The highest BCUT2D eigenvalue weighted by atomic mass is 35.5. The van der Waals surface area contributed by atoms with E-state index in [0.29, 0.717) is 17.3 Å². The minimum absolute atomic E-state index is 0.224. The number of halogens is 1. The molecule has 1 rings (SSSR count). The highest BCUT2D eigenvalue weighted by Crippen LogP contribution is 2.24. The highest BCUT2D eigenvalue weighted by Gasteiger charge is 2.23. The van der Waals surface area contributed by atoms with Crippen LogP contribution in [0.15, 0.2) is 18.2 Å². The van der Waals surface area contributed by atoms with Crippen molar-refractivity contribution in [1.82, 2.24) is 4.90 Å². The fourth-order valence-corrected chi connectivity index (χ4v) is 2.92. The molecule has 1 aromatic carbocycles. The first-order valence-electron chi connectivity index (χ1n) is 7.14. The van der Waals surface area contributed by atoms with Gasteiger partial charge in [-0.1, -0.05) is 31.0 Å². The van der Waals surface area contributed by atoms with Crippen molar-refractivity contribution in [2.45, 2.75) is 26.7 Å². The van der Waals surface area contributed by atoms with Crippen molar-refractivity contribution in [3.8, 4) is 0 Å². The number of nitrogens with zero attached hydrogens (tertiary/aromatic N) is 2. The zero-order chi connectivity index (χ0) is 16.9. The fourth-order valence-electron chi connectivity index (χ4n) is 1.90. The van der Waals surface area contributed by atoms with Gasteiger partial charge >= 0.3 is 0 Å². The van der Waals surface area contributed by atoms with Crippen molar-refractivity contribution < 1.29 is 13.2 Å². The normalized spacial score (nSPS) is 11.3. The molecule has 0 heterocycles. The van der Waals surface area contributed by atoms with Crippen LogP contribution in [0.2, 0.25) is 5.02 Å². The number of aryl methyl sites for hydroxylation is 1. The number of likely N-dealkylation sites (N-methyl/N-ethyl adjacent to an activating group) is 1. The molecule has 0 aliphatic heterocycles. The van der Waals surface area contributed by atoms with E-state index in [1.807, 2.05) is 13.8 Å². The number of amides is 1. The standard InChI is InChI=1S/C15H23ClN2O3S/c1-5-6-9-17(3)15(19)11-18(22(4,20)21)13-8-7-12(2)14(16)10-13/h7-8,10H,5-6,9,11H2,1-4H3. The minimum atomic E-state index is -3.57. The van der Waals surface area contributed by atoms with E-state index in [1.54, 1.807) is 30.1 Å². The summed E-state index contributed by atoms with van der Waals surface area (Å²) < 4.78 is 25.1. The van der Waals surface area contributed by atoms with E-state index in [4.69, 9.17) is 11.6 Å². The minimum Gasteiger partial charge on any atom is -0.344 e. The average Bonchev–Trinajstić information content (AvgIpc) is 2.43. The van der Waals surface area contributed by atoms with Crippen LogP contribution in [0.4, 0.5) is 5.69 Å². The van der Waals surface area contributed by atoms with Crippen molar-refractivity contribution in [3.63, 3.8) is 0 Å². The van der Waals surface area contributed by atoms with Gasteiger partial charge in [0.2, 0.25) is 15.9 Å². The van der Waals surface area contributed by atoms with Crippen LogP contribution in [-0.4, -0.2) is 45.6 Å². The SMILES string of the molecule is CCCCN(C)C(=O)CN(c1ccc(C)c(Cl)c1)S(C)(=O)=O. The molecule has 7 heteroatoms. The maximum absolute atomic E-state index is 12.2. The second kappa shape index (κ2) is 7.83. The van der Waals surface area contributed by atoms with E-state index >= 15 is 0 Å². The molecule has 0 N–H and O–H groups in total. The molecule has 0 spiro atoms. The van der Waals surface area contributed by atoms with E-state index in [2.05, 4.69) is 0 Å². The molecule has 0 fully saturated rings. The monoisotopic (exact) mass is 346 g/mol. The third-order valence-corrected chi connectivity index (χ3v) is 4.94. The number of unbranched alkanes of at least 4 members (excludes halogenated alkanes) is 1. The average molecular weight is 347 g/mol. The highest BCUT2D eigenvalue weighted by molar-refractivity contribution is 7.92. The lowest BCUT2D eigenvalue weighted by Gasteiger charge is -2.25. The van der Waals surface area contributed by atoms with Gasteiger partial charge in [-0.25, -0.2) is 8.42 Å². The van der Waals surface area contributed by atoms with Crippen molar-refractivity contribution in [2.75, 3.05) is 30.7 Å². The molecule has 0 aromatic heterocycles. The van der Waals surface area contributed by atoms with Crippen molar-refractivity contribution in [1.29, 1.82) is 0 Å². The van der Waals surface area contributed by atoms with Gasteiger partial charge < -0.3 is 4.90 Å². The predicted octanol–water partition coefficient (Wildman–Crippen LogP) is 2.67. The van der Waals surface area contributed by atoms with Gasteiger partial charge in [-0.05, 0) is 31.0 Å². The summed E-state index contributed by atoms with van der Waals surface area (Å²) >= 11 is 6.06. The zero-order valence-corrected chi connectivity index (χ0v) is 15.0. The number of sulfonamides is 1. The summed E-state index contributed by atoms with van der Waals surface area (Å²) in [4.78, 5) is 13.8. The summed E-state index contributed by atoms with van der Waals surface area (Å²) in [7, 11) is -1.89. The Kier molecular flexibility index (Phi) is 6.68. The molecular formula is C15H23ClN2O3S. The maximum Gasteiger partial charge on any atom is 0.243 e. The van der Waals surface area contributed by atoms with Gasteiger partial charge in [0.25, 0.3) is 0 Å². The molecular weight excluding hydrogens is 324 g/mol. The van der Waals surface area contributed by atoms with Crippen LogP contribution < -0.4 is 4.31 Å². The molecule has 0 radical (unpaired) electrons. The lowest BCUT2D eigenvalue weighted by molar-refractivity contribution is -0.128. The van der Waals surface area contributed by atoms with Gasteiger partial charge in [0, 0.05) is 18.6 Å². The van der Waals surface area contributed by atoms with E-state index in [-0.39, 0.29) is 12.5 Å². The Morgan fingerprint density at radius 1 is 1.32 bits per heavy atom. The third kappa shape index (κ3) is 5.18. The second-order valence-corrected chi connectivity index (χ2v) is 7.69. The van der Waals surface area contributed by atoms with Crippen molar-refractivity contribution in [3.05, 3.63) is 28.8 Å². The van der Waals surface area contributed by atoms with E-state index < -0.39 is 10.0 Å². The Balaban J connectivity index is 3.00. The smallest absolute Gasteiger partial charge is 0.243 e. The summed E-state index contributed by atoms with van der Waals surface area (Å²) in [5, 5.41) is 0.470. The van der Waals surface area contributed by atoms with Gasteiger partial charge in [0.05, 0.1) is 11.9 Å². The molecule has 0 bridgehead atoms. The molecule has 0 aliphatic rings. The molecule has 0 saturated heterocycles. The quantitative estimate of drug-likeness (QED) is 0.762. The van der Waals surface area contributed by atoms with Crippen LogP contribution >= 0.6 is 11.6 Å². The number of hydrogen-bond donors (Lipinski definition) is 0. The Hall–Kier alpha value is -1.27. The molecule has 22 heavy (non-hydrogen) atoms. The van der Waals surface area contributed by atoms with Gasteiger partial charge in [-0.3, -0.25) is 9.10 Å². The topological polar surface area (TPSA) is 57.7 Å². The van der Waals surface area contributed by atoms with Crippen molar-refractivity contribution in [2.24, 2.45) is 0 Å². The predicted molar refractivity (Wildman–Crippen MR) is 90.9 cm³/mol. The zero-order valence-electron chi connectivity index (χ0n) is 13.5. The number of hydrogen-bond acceptors (Lipinski definition) is 3. The lowest BCUT2D eigenvalue weighted by atomic mass is 10.2. The summed E-state index contributed by atoms with van der Waals surface area (Å²) in [5.41, 5.74) is 1.25. The molecule has 0 saturated carbocycles. The third-order valence-electron chi connectivity index (χ3n) is 3.40. The van der Waals surface area contributed by atoms with Crippen LogP contribution in [0, 0.1) is 6.92 Å². The number of carbonyl (C=O) groups is 1. The largest absolute Gasteiger partial charge is 0.344 e. The van der Waals surface area contributed by atoms with Crippen LogP contribution in [0.25, 0.3) is 0 Å². The second-order valence-electron chi connectivity index (χ2n) is 5.37. The number of carbonyl (C=O) groups excluding carboxylic acids is 1. The summed E-state index contributed by atoms with van der Waals surface area (Å²) in [6.45, 7) is 4.26. The van der Waals surface area contributed by atoms with Gasteiger partial charge in [0.15, 0.2) is 0 Å². The first-order valence-corrected chi connectivity index (χ1v) is 9.37. The molecule has 1 aromatic rings. The van der Waals surface area contributed by atoms with Crippen LogP contribution in [0.5, 0.6) is 0 Å². The van der Waals surface area contributed by atoms with Gasteiger partial charge in [-0.2, -0.15) is 0 Å². The van der Waals surface area contributed by atoms with Crippen LogP contribution in [0.3, 0.4) is 0 Å².